The summed E-state index contributed by atoms with van der Waals surface area (Å²) in [5.41, 5.74) is -0.301. The second-order valence-electron chi connectivity index (χ2n) is 13.3. The van der Waals surface area contributed by atoms with E-state index in [1.807, 2.05) is 48.2 Å². The molecular weight excluding hydrogens is 537 g/mol. The van der Waals surface area contributed by atoms with Crippen LogP contribution in [0.4, 0.5) is 0 Å². The predicted molar refractivity (Wildman–Crippen MR) is 176 cm³/mol. The Hall–Kier alpha value is -1.30. The fourth-order valence-electron chi connectivity index (χ4n) is 5.40. The van der Waals surface area contributed by atoms with Gasteiger partial charge < -0.3 is 9.47 Å². The van der Waals surface area contributed by atoms with Crippen molar-refractivity contribution in [1.82, 2.24) is 0 Å². The SMILES string of the molecule is CCC(C)c1cc(OC)c(C(C)(C)C(C)(C)c2ccc(C(C)(C)C(C)(CC)c3sc(C(C)C)cc3OC)s2)s1. The molecule has 3 aromatic rings. The number of rotatable bonds is 12. The minimum atomic E-state index is -0.0990. The Kier molecular flexibility index (Phi) is 9.52. The molecule has 0 saturated heterocycles. The highest BCUT2D eigenvalue weighted by Gasteiger charge is 2.48. The molecule has 0 N–H and O–H groups in total. The molecule has 3 rings (SSSR count). The molecule has 0 aromatic carbocycles. The Morgan fingerprint density at radius 2 is 1.15 bits per heavy atom. The molecule has 0 fully saturated rings. The first-order valence-corrected chi connectivity index (χ1v) is 16.9. The normalized spacial score (nSPS) is 15.5. The van der Waals surface area contributed by atoms with Crippen LogP contribution in [-0.2, 0) is 21.7 Å². The lowest BCUT2D eigenvalue weighted by Gasteiger charge is -2.44. The zero-order valence-corrected chi connectivity index (χ0v) is 29.4. The van der Waals surface area contributed by atoms with Gasteiger partial charge in [-0.15, -0.1) is 34.0 Å². The smallest absolute Gasteiger partial charge is 0.133 e. The van der Waals surface area contributed by atoms with E-state index < -0.39 is 0 Å². The fourth-order valence-corrected chi connectivity index (χ4v) is 9.92. The summed E-state index contributed by atoms with van der Waals surface area (Å²) in [5.74, 6) is 3.12. The molecule has 39 heavy (non-hydrogen) atoms. The zero-order chi connectivity index (χ0) is 29.6. The van der Waals surface area contributed by atoms with E-state index in [2.05, 4.69) is 107 Å². The average Bonchev–Trinajstić information content (AvgIpc) is 3.65. The minimum Gasteiger partial charge on any atom is -0.496 e. The molecule has 3 heterocycles. The first kappa shape index (κ1) is 32.2. The molecule has 2 unspecified atom stereocenters. The Balaban J connectivity index is 2.07. The Labute approximate surface area is 251 Å². The van der Waals surface area contributed by atoms with Crippen LogP contribution in [-0.4, -0.2) is 14.2 Å². The number of ether oxygens (including phenoxy) is 2. The number of hydrogen-bond acceptors (Lipinski definition) is 5. The maximum absolute atomic E-state index is 5.96. The van der Waals surface area contributed by atoms with Crippen LogP contribution in [0, 0.1) is 0 Å². The molecule has 2 nitrogen and oxygen atoms in total. The van der Waals surface area contributed by atoms with Gasteiger partial charge in [-0.2, -0.15) is 0 Å². The van der Waals surface area contributed by atoms with Gasteiger partial charge in [-0.25, -0.2) is 0 Å². The zero-order valence-electron chi connectivity index (χ0n) is 26.9. The standard InChI is InChI=1S/C34H52O2S3/c1-15-22(5)26-20-23(35-13)29(38-26)33(10,11)31(6,7)27-17-18-28(39-27)32(8,9)34(12,16-2)30-24(36-14)19-25(37-30)21(3)4/h17-22H,15-16H2,1-14H3. The quantitative estimate of drug-likeness (QED) is 0.209. The fraction of sp³-hybridized carbons (Fsp3) is 0.647. The molecule has 3 aromatic heterocycles. The number of hydrogen-bond donors (Lipinski definition) is 0. The molecule has 0 aliphatic rings. The second kappa shape index (κ2) is 11.5. The summed E-state index contributed by atoms with van der Waals surface area (Å²) in [5, 5.41) is 0. The highest BCUT2D eigenvalue weighted by molar-refractivity contribution is 7.13. The van der Waals surface area contributed by atoms with E-state index in [1.165, 1.54) is 29.3 Å². The van der Waals surface area contributed by atoms with E-state index in [1.54, 1.807) is 0 Å². The van der Waals surface area contributed by atoms with Crippen LogP contribution in [0.1, 0.15) is 137 Å². The lowest BCUT2D eigenvalue weighted by atomic mass is 9.63. The Morgan fingerprint density at radius 1 is 0.667 bits per heavy atom. The molecular formula is C34H52O2S3. The van der Waals surface area contributed by atoms with Gasteiger partial charge in [0, 0.05) is 41.2 Å². The van der Waals surface area contributed by atoms with Crippen molar-refractivity contribution >= 4 is 34.0 Å². The van der Waals surface area contributed by atoms with Gasteiger partial charge >= 0.3 is 0 Å². The summed E-state index contributed by atoms with van der Waals surface area (Å²) in [6.07, 6.45) is 2.18. The number of methoxy groups -OCH3 is 2. The monoisotopic (exact) mass is 588 g/mol. The number of thiophene rings is 3. The van der Waals surface area contributed by atoms with Gasteiger partial charge in [0.25, 0.3) is 0 Å². The van der Waals surface area contributed by atoms with Crippen LogP contribution < -0.4 is 9.47 Å². The minimum absolute atomic E-state index is 0.0555. The van der Waals surface area contributed by atoms with Gasteiger partial charge in [-0.1, -0.05) is 83.1 Å². The van der Waals surface area contributed by atoms with E-state index in [9.17, 15) is 0 Å². The molecule has 0 aliphatic carbocycles. The second-order valence-corrected chi connectivity index (χ2v) is 16.5. The van der Waals surface area contributed by atoms with Gasteiger partial charge in [0.1, 0.15) is 11.5 Å². The lowest BCUT2D eigenvalue weighted by Crippen LogP contribution is -2.41. The van der Waals surface area contributed by atoms with Gasteiger partial charge in [-0.05, 0) is 48.9 Å². The van der Waals surface area contributed by atoms with Crippen molar-refractivity contribution in [1.29, 1.82) is 0 Å². The maximum atomic E-state index is 5.96. The summed E-state index contributed by atoms with van der Waals surface area (Å²) in [7, 11) is 3.63. The van der Waals surface area contributed by atoms with Gasteiger partial charge in [0.05, 0.1) is 24.0 Å². The predicted octanol–water partition coefficient (Wildman–Crippen LogP) is 11.4. The summed E-state index contributed by atoms with van der Waals surface area (Å²) in [4.78, 5) is 8.40. The van der Waals surface area contributed by atoms with Crippen molar-refractivity contribution in [3.05, 3.63) is 53.5 Å². The van der Waals surface area contributed by atoms with Gasteiger partial charge in [-0.3, -0.25) is 0 Å². The first-order chi connectivity index (χ1) is 18.0. The molecule has 0 bridgehead atoms. The van der Waals surface area contributed by atoms with Crippen LogP contribution >= 0.6 is 34.0 Å². The summed E-state index contributed by atoms with van der Waals surface area (Å²) in [6, 6.07) is 9.33. The molecule has 0 radical (unpaired) electrons. The highest BCUT2D eigenvalue weighted by atomic mass is 32.1. The van der Waals surface area contributed by atoms with E-state index in [-0.39, 0.29) is 21.7 Å². The molecule has 218 valence electrons. The lowest BCUT2D eigenvalue weighted by molar-refractivity contribution is 0.266. The first-order valence-electron chi connectivity index (χ1n) is 14.5. The van der Waals surface area contributed by atoms with Crippen molar-refractivity contribution < 1.29 is 9.47 Å². The summed E-state index contributed by atoms with van der Waals surface area (Å²) >= 11 is 5.87. The Morgan fingerprint density at radius 3 is 1.64 bits per heavy atom. The van der Waals surface area contributed by atoms with Crippen molar-refractivity contribution in [3.8, 4) is 11.5 Å². The molecule has 0 aliphatic heterocycles. The third-order valence-electron chi connectivity index (χ3n) is 10.1. The van der Waals surface area contributed by atoms with Crippen LogP contribution in [0.2, 0.25) is 0 Å². The van der Waals surface area contributed by atoms with E-state index in [0.29, 0.717) is 11.8 Å². The summed E-state index contributed by atoms with van der Waals surface area (Å²) in [6.45, 7) is 28.4. The molecule has 0 saturated carbocycles. The molecule has 5 heteroatoms. The topological polar surface area (TPSA) is 18.5 Å². The van der Waals surface area contributed by atoms with E-state index >= 15 is 0 Å². The van der Waals surface area contributed by atoms with Crippen molar-refractivity contribution in [2.45, 2.75) is 129 Å². The average molecular weight is 589 g/mol. The highest BCUT2D eigenvalue weighted by Crippen LogP contribution is 2.56. The van der Waals surface area contributed by atoms with Gasteiger partial charge in [0.15, 0.2) is 0 Å². The molecule has 2 atom stereocenters. The van der Waals surface area contributed by atoms with Crippen LogP contribution in [0.15, 0.2) is 24.3 Å². The maximum Gasteiger partial charge on any atom is 0.133 e. The van der Waals surface area contributed by atoms with Crippen molar-refractivity contribution in [2.24, 2.45) is 0 Å². The largest absolute Gasteiger partial charge is 0.496 e. The third kappa shape index (κ3) is 5.37. The van der Waals surface area contributed by atoms with Crippen LogP contribution in [0.5, 0.6) is 11.5 Å². The Bertz CT molecular complexity index is 1250. The molecule has 0 spiro atoms. The van der Waals surface area contributed by atoms with E-state index in [4.69, 9.17) is 9.47 Å². The molecule has 0 amide bonds. The van der Waals surface area contributed by atoms with E-state index in [0.717, 1.165) is 24.3 Å². The van der Waals surface area contributed by atoms with Crippen molar-refractivity contribution in [2.75, 3.05) is 14.2 Å². The third-order valence-corrected chi connectivity index (χ3v) is 15.2. The van der Waals surface area contributed by atoms with Crippen LogP contribution in [0.25, 0.3) is 0 Å². The summed E-state index contributed by atoms with van der Waals surface area (Å²) < 4.78 is 11.9. The van der Waals surface area contributed by atoms with Gasteiger partial charge in [0.2, 0.25) is 0 Å². The van der Waals surface area contributed by atoms with Crippen molar-refractivity contribution in [3.63, 3.8) is 0 Å². The van der Waals surface area contributed by atoms with Crippen LogP contribution in [0.3, 0.4) is 0 Å².